The van der Waals surface area contributed by atoms with Gasteiger partial charge in [0, 0.05) is 10.9 Å². The summed E-state index contributed by atoms with van der Waals surface area (Å²) in [5.74, 6) is 0.939. The van der Waals surface area contributed by atoms with Gasteiger partial charge in [0.2, 0.25) is 0 Å². The van der Waals surface area contributed by atoms with Crippen LogP contribution in [-0.4, -0.2) is 36.4 Å². The number of carbonyl (C=O) groups is 1. The lowest BCUT2D eigenvalue weighted by molar-refractivity contribution is 0.0691. The molecule has 2 aromatic carbocycles. The summed E-state index contributed by atoms with van der Waals surface area (Å²) in [7, 11) is 1.56. The number of nitrogens with zero attached hydrogens (tertiary/aromatic N) is 1. The Balaban J connectivity index is 1.63. The molecule has 3 aromatic rings. The highest BCUT2D eigenvalue weighted by Crippen LogP contribution is 2.33. The first-order chi connectivity index (χ1) is 13.5. The molecule has 1 heterocycles. The van der Waals surface area contributed by atoms with Crippen LogP contribution in [0.1, 0.15) is 21.6 Å². The molecule has 0 saturated carbocycles. The number of rotatable bonds is 8. The lowest BCUT2D eigenvalue weighted by Gasteiger charge is -2.13. The summed E-state index contributed by atoms with van der Waals surface area (Å²) in [5, 5.41) is 11.1. The van der Waals surface area contributed by atoms with Crippen LogP contribution in [0.4, 0.5) is 0 Å². The molecule has 0 aliphatic carbocycles. The molecule has 0 saturated heterocycles. The zero-order valence-electron chi connectivity index (χ0n) is 15.9. The number of aromatic carboxylic acids is 1. The maximum absolute atomic E-state index is 11.0. The van der Waals surface area contributed by atoms with Gasteiger partial charge in [-0.25, -0.2) is 9.78 Å². The minimum absolute atomic E-state index is 0.0304. The average molecular weight is 399 g/mol. The van der Waals surface area contributed by atoms with Crippen LogP contribution < -0.4 is 14.2 Å². The first kappa shape index (κ1) is 19.7. The summed E-state index contributed by atoms with van der Waals surface area (Å²) >= 11 is 1.27. The maximum atomic E-state index is 11.0. The number of ether oxygens (including phenoxy) is 3. The molecule has 0 unspecified atom stereocenters. The molecule has 0 aliphatic rings. The highest BCUT2D eigenvalue weighted by molar-refractivity contribution is 7.13. The normalized spacial score (nSPS) is 10.5. The number of thiazole rings is 1. The van der Waals surface area contributed by atoms with E-state index in [4.69, 9.17) is 19.3 Å². The zero-order chi connectivity index (χ0) is 20.1. The molecule has 7 heteroatoms. The van der Waals surface area contributed by atoms with E-state index in [1.54, 1.807) is 19.2 Å². The van der Waals surface area contributed by atoms with Crippen LogP contribution in [0.2, 0.25) is 0 Å². The molecule has 0 bridgehead atoms. The van der Waals surface area contributed by atoms with Crippen LogP contribution in [-0.2, 0) is 0 Å². The molecule has 0 spiro atoms. The molecule has 146 valence electrons. The van der Waals surface area contributed by atoms with Gasteiger partial charge in [-0.2, -0.15) is 0 Å². The zero-order valence-corrected chi connectivity index (χ0v) is 16.7. The highest BCUT2D eigenvalue weighted by atomic mass is 32.1. The van der Waals surface area contributed by atoms with Gasteiger partial charge in [0.15, 0.2) is 17.2 Å². The number of methoxy groups -OCH3 is 1. The van der Waals surface area contributed by atoms with Gasteiger partial charge >= 0.3 is 5.97 Å². The maximum Gasteiger partial charge on any atom is 0.355 e. The topological polar surface area (TPSA) is 77.9 Å². The Kier molecular flexibility index (Phi) is 6.16. The number of hydrogen-bond acceptors (Lipinski definition) is 6. The van der Waals surface area contributed by atoms with E-state index in [9.17, 15) is 4.79 Å². The minimum atomic E-state index is -1.04. The van der Waals surface area contributed by atoms with Crippen LogP contribution in [0.15, 0.2) is 41.8 Å². The second-order valence-corrected chi connectivity index (χ2v) is 7.03. The Morgan fingerprint density at radius 3 is 2.39 bits per heavy atom. The van der Waals surface area contributed by atoms with E-state index in [2.05, 4.69) is 11.1 Å². The first-order valence-electron chi connectivity index (χ1n) is 8.68. The van der Waals surface area contributed by atoms with E-state index >= 15 is 0 Å². The molecule has 0 atom stereocenters. The monoisotopic (exact) mass is 399 g/mol. The fourth-order valence-corrected chi connectivity index (χ4v) is 3.48. The Bertz CT molecular complexity index is 983. The summed E-state index contributed by atoms with van der Waals surface area (Å²) < 4.78 is 17.0. The van der Waals surface area contributed by atoms with Crippen molar-refractivity contribution in [1.29, 1.82) is 0 Å². The van der Waals surface area contributed by atoms with Crippen molar-refractivity contribution in [3.05, 3.63) is 58.6 Å². The summed E-state index contributed by atoms with van der Waals surface area (Å²) in [5.41, 5.74) is 3.09. The van der Waals surface area contributed by atoms with Gasteiger partial charge in [-0.15, -0.1) is 11.3 Å². The Morgan fingerprint density at radius 1 is 1.04 bits per heavy atom. The number of carboxylic acids is 1. The fraction of sp³-hybridized carbons (Fsp3) is 0.238. The third-order valence-electron chi connectivity index (χ3n) is 4.06. The second kappa shape index (κ2) is 8.75. The molecule has 0 amide bonds. The number of aromatic nitrogens is 1. The van der Waals surface area contributed by atoms with Crippen molar-refractivity contribution >= 4 is 17.3 Å². The van der Waals surface area contributed by atoms with Crippen molar-refractivity contribution in [3.8, 4) is 27.8 Å². The van der Waals surface area contributed by atoms with Crippen LogP contribution in [0.25, 0.3) is 10.6 Å². The molecule has 0 fully saturated rings. The van der Waals surface area contributed by atoms with Crippen LogP contribution in [0.3, 0.4) is 0 Å². The largest absolute Gasteiger partial charge is 0.493 e. The smallest absolute Gasteiger partial charge is 0.355 e. The number of aryl methyl sites for hydroxylation is 2. The third-order valence-corrected chi connectivity index (χ3v) is 4.95. The number of benzene rings is 2. The fourth-order valence-electron chi connectivity index (χ4n) is 2.69. The lowest BCUT2D eigenvalue weighted by atomic mass is 10.1. The SMILES string of the molecule is COc1cc(-c2nc(C(=O)O)cs2)ccc1OCCOc1ccc(C)cc1C. The van der Waals surface area contributed by atoms with E-state index in [1.807, 2.05) is 32.0 Å². The second-order valence-electron chi connectivity index (χ2n) is 6.17. The molecule has 1 N–H and O–H groups in total. The standard InChI is InChI=1S/C21H21NO5S/c1-13-4-6-17(14(2)10-13)26-8-9-27-18-7-5-15(11-19(18)25-3)20-22-16(12-28-20)21(23)24/h4-7,10-12H,8-9H2,1-3H3,(H,23,24). The van der Waals surface area contributed by atoms with Crippen LogP contribution >= 0.6 is 11.3 Å². The van der Waals surface area contributed by atoms with E-state index < -0.39 is 5.97 Å². The Labute approximate surface area is 167 Å². The minimum Gasteiger partial charge on any atom is -0.493 e. The van der Waals surface area contributed by atoms with Crippen molar-refractivity contribution in [2.45, 2.75) is 13.8 Å². The highest BCUT2D eigenvalue weighted by Gasteiger charge is 2.13. The molecule has 28 heavy (non-hydrogen) atoms. The van der Waals surface area contributed by atoms with Crippen molar-refractivity contribution in [1.82, 2.24) is 4.98 Å². The molecule has 0 radical (unpaired) electrons. The summed E-state index contributed by atoms with van der Waals surface area (Å²) in [6, 6.07) is 11.4. The van der Waals surface area contributed by atoms with E-state index in [0.29, 0.717) is 29.7 Å². The molecule has 6 nitrogen and oxygen atoms in total. The summed E-state index contributed by atoms with van der Waals surface area (Å²) in [6.45, 7) is 4.83. The molecule has 0 aliphatic heterocycles. The molecule has 1 aromatic heterocycles. The van der Waals surface area contributed by atoms with Crippen molar-refractivity contribution < 1.29 is 24.1 Å². The van der Waals surface area contributed by atoms with Gasteiger partial charge in [-0.3, -0.25) is 0 Å². The first-order valence-corrected chi connectivity index (χ1v) is 9.56. The quantitative estimate of drug-likeness (QED) is 0.558. The van der Waals surface area contributed by atoms with Gasteiger partial charge in [0.05, 0.1) is 7.11 Å². The van der Waals surface area contributed by atoms with Gasteiger partial charge in [0.25, 0.3) is 0 Å². The van der Waals surface area contributed by atoms with Gasteiger partial charge in [-0.05, 0) is 43.7 Å². The Morgan fingerprint density at radius 2 is 1.75 bits per heavy atom. The van der Waals surface area contributed by atoms with Crippen molar-refractivity contribution in [2.75, 3.05) is 20.3 Å². The summed E-state index contributed by atoms with van der Waals surface area (Å²) in [4.78, 5) is 15.1. The van der Waals surface area contributed by atoms with E-state index in [1.165, 1.54) is 22.3 Å². The molecular formula is C21H21NO5S. The van der Waals surface area contributed by atoms with Gasteiger partial charge in [-0.1, -0.05) is 17.7 Å². The predicted octanol–water partition coefficient (Wildman–Crippen LogP) is 4.59. The van der Waals surface area contributed by atoms with Crippen molar-refractivity contribution in [2.24, 2.45) is 0 Å². The Hall–Kier alpha value is -3.06. The molecular weight excluding hydrogens is 378 g/mol. The molecule has 3 rings (SSSR count). The third kappa shape index (κ3) is 4.61. The van der Waals surface area contributed by atoms with Crippen LogP contribution in [0, 0.1) is 13.8 Å². The van der Waals surface area contributed by atoms with E-state index in [0.717, 1.165) is 16.9 Å². The van der Waals surface area contributed by atoms with Gasteiger partial charge < -0.3 is 19.3 Å². The number of hydrogen-bond donors (Lipinski definition) is 1. The van der Waals surface area contributed by atoms with Crippen molar-refractivity contribution in [3.63, 3.8) is 0 Å². The van der Waals surface area contributed by atoms with Crippen LogP contribution in [0.5, 0.6) is 17.2 Å². The number of carboxylic acid groups (broad SMARTS) is 1. The predicted molar refractivity (Wildman–Crippen MR) is 108 cm³/mol. The van der Waals surface area contributed by atoms with E-state index in [-0.39, 0.29) is 5.69 Å². The summed E-state index contributed by atoms with van der Waals surface area (Å²) in [6.07, 6.45) is 0. The lowest BCUT2D eigenvalue weighted by Crippen LogP contribution is -2.10. The average Bonchev–Trinajstić information content (AvgIpc) is 3.17. The van der Waals surface area contributed by atoms with Gasteiger partial charge in [0.1, 0.15) is 24.0 Å².